The molecule has 2 aromatic rings. The van der Waals surface area contributed by atoms with Gasteiger partial charge in [-0.15, -0.1) is 0 Å². The van der Waals surface area contributed by atoms with Crippen LogP contribution in [-0.2, 0) is 32.2 Å². The Kier molecular flexibility index (Phi) is 6.75. The second kappa shape index (κ2) is 9.68. The van der Waals surface area contributed by atoms with Crippen molar-refractivity contribution in [2.75, 3.05) is 7.11 Å². The third-order valence-corrected chi connectivity index (χ3v) is 7.97. The third kappa shape index (κ3) is 4.80. The van der Waals surface area contributed by atoms with Crippen LogP contribution in [0.15, 0.2) is 60.7 Å². The number of likely N-dealkylation sites (tertiary alicyclic amines) is 1. The zero-order valence-electron chi connectivity index (χ0n) is 22.8. The molecule has 1 spiro atoms. The molecular weight excluding hydrogens is 518 g/mol. The number of nitrogens with zero attached hydrogens (tertiary/aromatic N) is 1. The normalized spacial score (nSPS) is 28.9. The van der Waals surface area contributed by atoms with Crippen LogP contribution in [0.25, 0.3) is 0 Å². The van der Waals surface area contributed by atoms with Gasteiger partial charge in [0, 0.05) is 23.7 Å². The first-order valence-electron chi connectivity index (χ1n) is 13.0. The minimum atomic E-state index is -1.25. The van der Waals surface area contributed by atoms with Gasteiger partial charge in [0.1, 0.15) is 17.4 Å². The van der Waals surface area contributed by atoms with Gasteiger partial charge in [-0.1, -0.05) is 48.0 Å². The van der Waals surface area contributed by atoms with E-state index in [0.29, 0.717) is 5.02 Å². The average molecular weight is 552 g/mol. The summed E-state index contributed by atoms with van der Waals surface area (Å²) in [5, 5.41) is 6.60. The maximum absolute atomic E-state index is 14.1. The summed E-state index contributed by atoms with van der Waals surface area (Å²) < 4.78 is 11.8. The molecule has 3 amide bonds. The van der Waals surface area contributed by atoms with Crippen LogP contribution in [0.2, 0.25) is 5.02 Å². The summed E-state index contributed by atoms with van der Waals surface area (Å²) in [6.07, 6.45) is 3.65. The number of nitrogens with one attached hydrogen (secondary N) is 2. The molecule has 0 aliphatic carbocycles. The van der Waals surface area contributed by atoms with E-state index in [0.717, 1.165) is 16.9 Å². The Hall–Kier alpha value is -3.36. The molecule has 5 atom stereocenters. The molecule has 2 N–H and O–H groups in total. The van der Waals surface area contributed by atoms with Crippen molar-refractivity contribution >= 4 is 29.3 Å². The first-order chi connectivity index (χ1) is 18.4. The number of amides is 3. The van der Waals surface area contributed by atoms with Crippen molar-refractivity contribution in [1.29, 1.82) is 0 Å². The number of methoxy groups -OCH3 is 1. The van der Waals surface area contributed by atoms with Gasteiger partial charge in [0.25, 0.3) is 0 Å². The molecule has 0 saturated carbocycles. The van der Waals surface area contributed by atoms with Crippen molar-refractivity contribution in [1.82, 2.24) is 15.5 Å². The summed E-state index contributed by atoms with van der Waals surface area (Å²) in [6.45, 7) is 7.95. The zero-order valence-corrected chi connectivity index (χ0v) is 23.5. The van der Waals surface area contributed by atoms with E-state index in [1.54, 1.807) is 24.1 Å². The SMILES string of the molecule is COc1ccc(CNC(=O)[C@H]2[C@H]3C(=O)N(Cc4ccc(Cl)cc4)[C@H](C(=O)NC(C)(C)C)[C@@]34C=C[C@]2(C)O4)cc1. The number of ether oxygens (including phenoxy) is 2. The number of benzene rings is 2. The third-order valence-electron chi connectivity index (χ3n) is 7.72. The summed E-state index contributed by atoms with van der Waals surface area (Å²) in [5.74, 6) is -1.80. The van der Waals surface area contributed by atoms with E-state index in [9.17, 15) is 14.4 Å². The molecular formula is C30H34ClN3O5. The predicted molar refractivity (Wildman–Crippen MR) is 147 cm³/mol. The highest BCUT2D eigenvalue weighted by atomic mass is 35.5. The summed E-state index contributed by atoms with van der Waals surface area (Å²) in [5.41, 5.74) is -1.08. The predicted octanol–water partition coefficient (Wildman–Crippen LogP) is 3.62. The molecule has 2 bridgehead atoms. The highest BCUT2D eigenvalue weighted by Crippen LogP contribution is 2.59. The van der Waals surface area contributed by atoms with Gasteiger partial charge < -0.3 is 25.0 Å². The molecule has 2 saturated heterocycles. The Balaban J connectivity index is 1.46. The fourth-order valence-electron chi connectivity index (χ4n) is 6.07. The molecule has 0 radical (unpaired) electrons. The number of halogens is 1. The number of carbonyl (C=O) groups excluding carboxylic acids is 3. The highest BCUT2D eigenvalue weighted by Gasteiger charge is 2.76. The quantitative estimate of drug-likeness (QED) is 0.512. The van der Waals surface area contributed by atoms with E-state index >= 15 is 0 Å². The second-order valence-electron chi connectivity index (χ2n) is 11.7. The Bertz CT molecular complexity index is 1320. The molecule has 0 aromatic heterocycles. The second-order valence-corrected chi connectivity index (χ2v) is 12.2. The van der Waals surface area contributed by atoms with Crippen molar-refractivity contribution < 1.29 is 23.9 Å². The lowest BCUT2D eigenvalue weighted by Crippen LogP contribution is -2.57. The van der Waals surface area contributed by atoms with Gasteiger partial charge in [-0.2, -0.15) is 0 Å². The smallest absolute Gasteiger partial charge is 0.246 e. The summed E-state index contributed by atoms with van der Waals surface area (Å²) in [7, 11) is 1.60. The summed E-state index contributed by atoms with van der Waals surface area (Å²) in [4.78, 5) is 43.2. The number of carbonyl (C=O) groups is 3. The summed E-state index contributed by atoms with van der Waals surface area (Å²) >= 11 is 6.07. The van der Waals surface area contributed by atoms with Crippen LogP contribution in [0.5, 0.6) is 5.75 Å². The fourth-order valence-corrected chi connectivity index (χ4v) is 6.19. The number of hydrogen-bond acceptors (Lipinski definition) is 5. The first kappa shape index (κ1) is 27.2. The van der Waals surface area contributed by atoms with Gasteiger partial charge in [0.2, 0.25) is 17.7 Å². The maximum Gasteiger partial charge on any atom is 0.246 e. The van der Waals surface area contributed by atoms with Gasteiger partial charge in [-0.3, -0.25) is 14.4 Å². The highest BCUT2D eigenvalue weighted by molar-refractivity contribution is 6.30. The molecule has 3 heterocycles. The van der Waals surface area contributed by atoms with Gasteiger partial charge in [0.15, 0.2) is 0 Å². The minimum Gasteiger partial charge on any atom is -0.497 e. The molecule has 3 aliphatic heterocycles. The first-order valence-corrected chi connectivity index (χ1v) is 13.4. The molecule has 0 unspecified atom stereocenters. The molecule has 9 heteroatoms. The van der Waals surface area contributed by atoms with Crippen LogP contribution in [-0.4, -0.2) is 52.5 Å². The Morgan fingerprint density at radius 3 is 2.28 bits per heavy atom. The van der Waals surface area contributed by atoms with Crippen molar-refractivity contribution in [3.63, 3.8) is 0 Å². The lowest BCUT2D eigenvalue weighted by atomic mass is 9.70. The Labute approximate surface area is 233 Å². The molecule has 206 valence electrons. The van der Waals surface area contributed by atoms with Crippen molar-refractivity contribution in [2.45, 2.75) is 63.6 Å². The molecule has 2 aromatic carbocycles. The van der Waals surface area contributed by atoms with Crippen molar-refractivity contribution in [2.24, 2.45) is 11.8 Å². The zero-order chi connectivity index (χ0) is 28.2. The van der Waals surface area contributed by atoms with Crippen LogP contribution in [0.1, 0.15) is 38.8 Å². The van der Waals surface area contributed by atoms with E-state index in [-0.39, 0.29) is 30.8 Å². The Morgan fingerprint density at radius 2 is 1.67 bits per heavy atom. The van der Waals surface area contributed by atoms with E-state index in [1.165, 1.54) is 0 Å². The van der Waals surface area contributed by atoms with Crippen LogP contribution in [0.3, 0.4) is 0 Å². The van der Waals surface area contributed by atoms with E-state index in [1.807, 2.05) is 76.2 Å². The standard InChI is InChI=1S/C30H34ClN3O5/c1-28(2,3)33-26(36)24-30-15-14-29(4,39-30)22(25(35)32-16-18-8-12-21(38-5)13-9-18)23(30)27(37)34(24)17-19-6-10-20(31)11-7-19/h6-15,22-24H,16-17H2,1-5H3,(H,32,35)(H,33,36)/t22-,23+,24-,29+,30-/m1/s1. The molecule has 3 aliphatic rings. The topological polar surface area (TPSA) is 97.0 Å². The number of fused-ring (bicyclic) bond motifs is 1. The minimum absolute atomic E-state index is 0.185. The Morgan fingerprint density at radius 1 is 1.03 bits per heavy atom. The van der Waals surface area contributed by atoms with E-state index < -0.39 is 34.6 Å². The largest absolute Gasteiger partial charge is 0.497 e. The van der Waals surface area contributed by atoms with E-state index in [2.05, 4.69) is 10.6 Å². The molecule has 2 fully saturated rings. The van der Waals surface area contributed by atoms with Gasteiger partial charge in [0.05, 0.1) is 24.5 Å². The van der Waals surface area contributed by atoms with E-state index in [4.69, 9.17) is 21.1 Å². The maximum atomic E-state index is 14.1. The number of hydrogen-bond donors (Lipinski definition) is 2. The average Bonchev–Trinajstić information content (AvgIpc) is 3.44. The fraction of sp³-hybridized carbons (Fsp3) is 0.433. The van der Waals surface area contributed by atoms with Crippen LogP contribution in [0, 0.1) is 11.8 Å². The van der Waals surface area contributed by atoms with Gasteiger partial charge in [-0.25, -0.2) is 0 Å². The molecule has 5 rings (SSSR count). The van der Waals surface area contributed by atoms with Crippen molar-refractivity contribution in [3.05, 3.63) is 76.8 Å². The van der Waals surface area contributed by atoms with Gasteiger partial charge >= 0.3 is 0 Å². The lowest BCUT2D eigenvalue weighted by molar-refractivity contribution is -0.146. The van der Waals surface area contributed by atoms with Crippen LogP contribution < -0.4 is 15.4 Å². The number of rotatable bonds is 7. The van der Waals surface area contributed by atoms with Crippen LogP contribution >= 0.6 is 11.6 Å². The molecule has 8 nitrogen and oxygen atoms in total. The van der Waals surface area contributed by atoms with Gasteiger partial charge in [-0.05, 0) is 63.1 Å². The van der Waals surface area contributed by atoms with Crippen molar-refractivity contribution in [3.8, 4) is 5.75 Å². The summed E-state index contributed by atoms with van der Waals surface area (Å²) in [6, 6.07) is 13.6. The lowest BCUT2D eigenvalue weighted by Gasteiger charge is -2.35. The monoisotopic (exact) mass is 551 g/mol. The molecule has 39 heavy (non-hydrogen) atoms. The van der Waals surface area contributed by atoms with Crippen LogP contribution in [0.4, 0.5) is 0 Å².